The average Bonchev–Trinajstić information content (AvgIpc) is 2.53. The van der Waals surface area contributed by atoms with Crippen LogP contribution in [0.3, 0.4) is 0 Å². The molecule has 0 aliphatic carbocycles. The summed E-state index contributed by atoms with van der Waals surface area (Å²) in [5.74, 6) is -1.71. The number of carboxylic acids is 1. The predicted molar refractivity (Wildman–Crippen MR) is 96.9 cm³/mol. The van der Waals surface area contributed by atoms with Gasteiger partial charge >= 0.3 is 5.97 Å². The summed E-state index contributed by atoms with van der Waals surface area (Å²) in [4.78, 5) is 23.5. The van der Waals surface area contributed by atoms with Crippen molar-refractivity contribution in [3.05, 3.63) is 69.7 Å². The number of hydrogen-bond acceptors (Lipinski definition) is 2. The second-order valence-electron chi connectivity index (χ2n) is 5.84. The van der Waals surface area contributed by atoms with Crippen LogP contribution in [0.25, 0.3) is 0 Å². The molecule has 1 atom stereocenters. The van der Waals surface area contributed by atoms with Crippen molar-refractivity contribution >= 4 is 27.8 Å². The fraction of sp³-hybridized carbons (Fsp3) is 0.263. The van der Waals surface area contributed by atoms with Crippen LogP contribution < -0.4 is 5.32 Å². The summed E-state index contributed by atoms with van der Waals surface area (Å²) in [5, 5.41) is 12.1. The van der Waals surface area contributed by atoms with Crippen LogP contribution in [0.5, 0.6) is 0 Å². The fourth-order valence-corrected chi connectivity index (χ4v) is 2.72. The predicted octanol–water partition coefficient (Wildman–Crippen LogP) is 3.36. The Morgan fingerprint density at radius 3 is 2.46 bits per heavy atom. The smallest absolute Gasteiger partial charge is 0.308 e. The normalized spacial score (nSPS) is 11.8. The maximum absolute atomic E-state index is 12.0. The molecule has 0 heterocycles. The van der Waals surface area contributed by atoms with Crippen LogP contribution in [0.4, 0.5) is 0 Å². The van der Waals surface area contributed by atoms with Crippen molar-refractivity contribution in [2.75, 3.05) is 6.54 Å². The minimum Gasteiger partial charge on any atom is -0.481 e. The van der Waals surface area contributed by atoms with Crippen LogP contribution >= 0.6 is 15.9 Å². The number of rotatable bonds is 7. The molecule has 0 radical (unpaired) electrons. The van der Waals surface area contributed by atoms with Crippen molar-refractivity contribution in [2.45, 2.75) is 19.8 Å². The summed E-state index contributed by atoms with van der Waals surface area (Å²) in [6, 6.07) is 15.2. The molecule has 0 saturated heterocycles. The van der Waals surface area contributed by atoms with Gasteiger partial charge in [0.05, 0.1) is 12.3 Å². The molecule has 126 valence electrons. The molecule has 0 aliphatic rings. The SMILES string of the molecule is Cc1cccc(CC(CNC(=O)Cc2ccc(Br)cc2)C(=O)O)c1. The van der Waals surface area contributed by atoms with Gasteiger partial charge in [-0.25, -0.2) is 0 Å². The number of aliphatic carboxylic acids is 1. The van der Waals surface area contributed by atoms with Crippen molar-refractivity contribution in [3.8, 4) is 0 Å². The van der Waals surface area contributed by atoms with Crippen LogP contribution in [0.15, 0.2) is 53.0 Å². The third-order valence-corrected chi connectivity index (χ3v) is 4.27. The molecule has 0 bridgehead atoms. The van der Waals surface area contributed by atoms with Crippen molar-refractivity contribution < 1.29 is 14.7 Å². The van der Waals surface area contributed by atoms with E-state index in [2.05, 4.69) is 21.2 Å². The maximum atomic E-state index is 12.0. The summed E-state index contributed by atoms with van der Waals surface area (Å²) in [6.45, 7) is 2.10. The highest BCUT2D eigenvalue weighted by atomic mass is 79.9. The highest BCUT2D eigenvalue weighted by Crippen LogP contribution is 2.12. The zero-order valence-electron chi connectivity index (χ0n) is 13.5. The van der Waals surface area contributed by atoms with E-state index in [4.69, 9.17) is 0 Å². The van der Waals surface area contributed by atoms with Gasteiger partial charge in [0.2, 0.25) is 5.91 Å². The van der Waals surface area contributed by atoms with Crippen LogP contribution in [0.1, 0.15) is 16.7 Å². The summed E-state index contributed by atoms with van der Waals surface area (Å²) >= 11 is 3.35. The molecule has 1 unspecified atom stereocenters. The van der Waals surface area contributed by atoms with Crippen molar-refractivity contribution in [1.29, 1.82) is 0 Å². The van der Waals surface area contributed by atoms with E-state index in [0.29, 0.717) is 6.42 Å². The Kier molecular flexibility index (Phi) is 6.55. The summed E-state index contributed by atoms with van der Waals surface area (Å²) in [5.41, 5.74) is 2.95. The number of hydrogen-bond donors (Lipinski definition) is 2. The number of halogens is 1. The molecule has 0 aliphatic heterocycles. The van der Waals surface area contributed by atoms with Gasteiger partial charge in [-0.15, -0.1) is 0 Å². The second-order valence-corrected chi connectivity index (χ2v) is 6.75. The lowest BCUT2D eigenvalue weighted by atomic mass is 9.98. The largest absolute Gasteiger partial charge is 0.481 e. The van der Waals surface area contributed by atoms with Gasteiger partial charge in [0.25, 0.3) is 0 Å². The summed E-state index contributed by atoms with van der Waals surface area (Å²) < 4.78 is 0.954. The average molecular weight is 390 g/mol. The van der Waals surface area contributed by atoms with Gasteiger partial charge in [-0.1, -0.05) is 57.9 Å². The first-order chi connectivity index (χ1) is 11.4. The van der Waals surface area contributed by atoms with Crippen molar-refractivity contribution in [2.24, 2.45) is 5.92 Å². The van der Waals surface area contributed by atoms with Gasteiger partial charge in [0, 0.05) is 11.0 Å². The molecule has 0 saturated carbocycles. The topological polar surface area (TPSA) is 66.4 Å². The Bertz CT molecular complexity index is 713. The molecule has 0 aromatic heterocycles. The summed E-state index contributed by atoms with van der Waals surface area (Å²) in [6.07, 6.45) is 0.639. The highest BCUT2D eigenvalue weighted by Gasteiger charge is 2.19. The van der Waals surface area contributed by atoms with E-state index in [9.17, 15) is 14.7 Å². The fourth-order valence-electron chi connectivity index (χ4n) is 2.46. The van der Waals surface area contributed by atoms with Gasteiger partial charge in [-0.3, -0.25) is 9.59 Å². The molecule has 0 fully saturated rings. The number of carbonyl (C=O) groups excluding carboxylic acids is 1. The number of benzene rings is 2. The van der Waals surface area contributed by atoms with Crippen LogP contribution in [0, 0.1) is 12.8 Å². The molecule has 2 rings (SSSR count). The van der Waals surface area contributed by atoms with Gasteiger partial charge in [0.1, 0.15) is 0 Å². The molecular formula is C19H20BrNO3. The maximum Gasteiger partial charge on any atom is 0.308 e. The lowest BCUT2D eigenvalue weighted by Crippen LogP contribution is -2.34. The number of carbonyl (C=O) groups is 2. The number of aryl methyl sites for hydroxylation is 1. The van der Waals surface area contributed by atoms with E-state index < -0.39 is 11.9 Å². The van der Waals surface area contributed by atoms with Crippen molar-refractivity contribution in [3.63, 3.8) is 0 Å². The van der Waals surface area contributed by atoms with Gasteiger partial charge in [-0.2, -0.15) is 0 Å². The van der Waals surface area contributed by atoms with Gasteiger partial charge < -0.3 is 10.4 Å². The number of nitrogens with one attached hydrogen (secondary N) is 1. The van der Waals surface area contributed by atoms with E-state index in [0.717, 1.165) is 21.2 Å². The van der Waals surface area contributed by atoms with Crippen molar-refractivity contribution in [1.82, 2.24) is 5.32 Å². The highest BCUT2D eigenvalue weighted by molar-refractivity contribution is 9.10. The molecular weight excluding hydrogens is 370 g/mol. The van der Waals surface area contributed by atoms with Crippen LogP contribution in [-0.2, 0) is 22.4 Å². The molecule has 4 nitrogen and oxygen atoms in total. The molecule has 2 aromatic rings. The molecule has 0 spiro atoms. The second kappa shape index (κ2) is 8.64. The monoisotopic (exact) mass is 389 g/mol. The molecule has 2 N–H and O–H groups in total. The zero-order chi connectivity index (χ0) is 17.5. The van der Waals surface area contributed by atoms with E-state index in [-0.39, 0.29) is 18.9 Å². The van der Waals surface area contributed by atoms with E-state index in [1.807, 2.05) is 55.5 Å². The molecule has 24 heavy (non-hydrogen) atoms. The molecule has 2 aromatic carbocycles. The quantitative estimate of drug-likeness (QED) is 0.762. The van der Waals surface area contributed by atoms with E-state index in [1.165, 1.54) is 0 Å². The molecule has 5 heteroatoms. The lowest BCUT2D eigenvalue weighted by molar-refractivity contribution is -0.141. The third kappa shape index (κ3) is 5.81. The zero-order valence-corrected chi connectivity index (χ0v) is 15.0. The minimum absolute atomic E-state index is 0.124. The van der Waals surface area contributed by atoms with Gasteiger partial charge in [0.15, 0.2) is 0 Å². The minimum atomic E-state index is -0.902. The third-order valence-electron chi connectivity index (χ3n) is 3.74. The Morgan fingerprint density at radius 1 is 1.12 bits per heavy atom. The van der Waals surface area contributed by atoms with E-state index >= 15 is 0 Å². The van der Waals surface area contributed by atoms with E-state index in [1.54, 1.807) is 0 Å². The number of amides is 1. The molecule has 1 amide bonds. The summed E-state index contributed by atoms with van der Waals surface area (Å²) in [7, 11) is 0. The number of carboxylic acid groups (broad SMARTS) is 1. The Balaban J connectivity index is 1.90. The standard InChI is InChI=1S/C19H20BrNO3/c1-13-3-2-4-15(9-13)10-16(19(23)24)12-21-18(22)11-14-5-7-17(20)8-6-14/h2-9,16H,10-12H2,1H3,(H,21,22)(H,23,24). The lowest BCUT2D eigenvalue weighted by Gasteiger charge is -2.14. The first kappa shape index (κ1) is 18.2. The Morgan fingerprint density at radius 2 is 1.83 bits per heavy atom. The van der Waals surface area contributed by atoms with Crippen LogP contribution in [0.2, 0.25) is 0 Å². The first-order valence-corrected chi connectivity index (χ1v) is 8.53. The van der Waals surface area contributed by atoms with Gasteiger partial charge in [-0.05, 0) is 36.6 Å². The first-order valence-electron chi connectivity index (χ1n) is 7.73. The van der Waals surface area contributed by atoms with Crippen LogP contribution in [-0.4, -0.2) is 23.5 Å². The Hall–Kier alpha value is -2.14. The Labute approximate surface area is 150 Å².